The van der Waals surface area contributed by atoms with Crippen molar-refractivity contribution in [1.82, 2.24) is 5.32 Å². The number of hydrogen-bond acceptors (Lipinski definition) is 3. The molecule has 2 rings (SSSR count). The van der Waals surface area contributed by atoms with Crippen LogP contribution in [0.1, 0.15) is 43.0 Å². The van der Waals surface area contributed by atoms with Gasteiger partial charge in [-0.15, -0.1) is 22.7 Å². The monoisotopic (exact) mass is 293 g/mol. The molecule has 0 amide bonds. The van der Waals surface area contributed by atoms with Crippen LogP contribution in [0.15, 0.2) is 35.0 Å². The number of nitrogens with one attached hydrogen (secondary N) is 1. The van der Waals surface area contributed by atoms with E-state index >= 15 is 0 Å². The summed E-state index contributed by atoms with van der Waals surface area (Å²) >= 11 is 3.71. The Balaban J connectivity index is 2.06. The first kappa shape index (κ1) is 14.8. The lowest BCUT2D eigenvalue weighted by atomic mass is 9.99. The third-order valence-corrected chi connectivity index (χ3v) is 5.72. The Labute approximate surface area is 124 Å². The Morgan fingerprint density at radius 2 is 1.84 bits per heavy atom. The molecule has 3 atom stereocenters. The average Bonchev–Trinajstić information content (AvgIpc) is 3.09. The highest BCUT2D eigenvalue weighted by atomic mass is 32.1. The first-order valence-electron chi connectivity index (χ1n) is 7.02. The van der Waals surface area contributed by atoms with E-state index < -0.39 is 0 Å². The first-order chi connectivity index (χ1) is 9.20. The summed E-state index contributed by atoms with van der Waals surface area (Å²) in [4.78, 5) is 2.91. The Morgan fingerprint density at radius 3 is 2.42 bits per heavy atom. The van der Waals surface area contributed by atoms with Gasteiger partial charge in [-0.25, -0.2) is 0 Å². The molecule has 0 aliphatic rings. The third-order valence-electron chi connectivity index (χ3n) is 3.83. The maximum atomic E-state index is 3.83. The molecule has 0 fully saturated rings. The van der Waals surface area contributed by atoms with Crippen molar-refractivity contribution < 1.29 is 0 Å². The molecule has 1 N–H and O–H groups in total. The van der Waals surface area contributed by atoms with Gasteiger partial charge >= 0.3 is 0 Å². The van der Waals surface area contributed by atoms with E-state index in [9.17, 15) is 0 Å². The molecule has 0 radical (unpaired) electrons. The van der Waals surface area contributed by atoms with Crippen molar-refractivity contribution in [2.75, 3.05) is 0 Å². The number of hydrogen-bond donors (Lipinski definition) is 1. The van der Waals surface area contributed by atoms with E-state index in [-0.39, 0.29) is 0 Å². The second-order valence-corrected chi connectivity index (χ2v) is 7.20. The molecule has 2 aromatic heterocycles. The lowest BCUT2D eigenvalue weighted by Gasteiger charge is -2.26. The lowest BCUT2D eigenvalue weighted by molar-refractivity contribution is 0.351. The molecule has 2 aromatic rings. The summed E-state index contributed by atoms with van der Waals surface area (Å²) in [7, 11) is 0. The summed E-state index contributed by atoms with van der Waals surface area (Å²) in [6.45, 7) is 6.90. The number of rotatable bonds is 7. The van der Waals surface area contributed by atoms with E-state index in [1.54, 1.807) is 0 Å². The molecule has 0 bridgehead atoms. The Hall–Kier alpha value is -0.640. The normalized spacial score (nSPS) is 16.2. The van der Waals surface area contributed by atoms with Crippen LogP contribution in [0.5, 0.6) is 0 Å². The van der Waals surface area contributed by atoms with Crippen LogP contribution < -0.4 is 5.32 Å². The molecule has 19 heavy (non-hydrogen) atoms. The maximum Gasteiger partial charge on any atom is 0.0465 e. The van der Waals surface area contributed by atoms with Crippen LogP contribution in [-0.4, -0.2) is 6.04 Å². The fraction of sp³-hybridized carbons (Fsp3) is 0.500. The lowest BCUT2D eigenvalue weighted by Crippen LogP contribution is -2.35. The minimum atomic E-state index is 0.447. The predicted molar refractivity (Wildman–Crippen MR) is 87.1 cm³/mol. The molecule has 0 aliphatic heterocycles. The summed E-state index contributed by atoms with van der Waals surface area (Å²) in [5.74, 6) is 0.714. The molecule has 0 spiro atoms. The molecule has 0 aromatic carbocycles. The standard InChI is InChI=1S/C16H23NS2/c1-4-12(2)13(3)17-15(16-8-6-10-19-16)11-14-7-5-9-18-14/h5-10,12-13,15,17H,4,11H2,1-3H3. The zero-order valence-corrected chi connectivity index (χ0v) is 13.6. The summed E-state index contributed by atoms with van der Waals surface area (Å²) < 4.78 is 0. The van der Waals surface area contributed by atoms with Gasteiger partial charge in [0.15, 0.2) is 0 Å². The Kier molecular flexibility index (Phi) is 5.61. The molecule has 3 heteroatoms. The fourth-order valence-electron chi connectivity index (χ4n) is 2.20. The van der Waals surface area contributed by atoms with Crippen LogP contribution in [0.25, 0.3) is 0 Å². The van der Waals surface area contributed by atoms with E-state index in [0.717, 1.165) is 6.42 Å². The van der Waals surface area contributed by atoms with E-state index in [2.05, 4.69) is 61.1 Å². The summed E-state index contributed by atoms with van der Waals surface area (Å²) in [6.07, 6.45) is 2.32. The highest BCUT2D eigenvalue weighted by molar-refractivity contribution is 7.10. The van der Waals surface area contributed by atoms with Gasteiger partial charge in [0, 0.05) is 28.3 Å². The van der Waals surface area contributed by atoms with Crippen molar-refractivity contribution >= 4 is 22.7 Å². The predicted octanol–water partition coefficient (Wildman–Crippen LogP) is 5.12. The van der Waals surface area contributed by atoms with Crippen molar-refractivity contribution in [2.24, 2.45) is 5.92 Å². The molecule has 3 unspecified atom stereocenters. The van der Waals surface area contributed by atoms with Gasteiger partial charge in [-0.1, -0.05) is 32.4 Å². The highest BCUT2D eigenvalue weighted by Gasteiger charge is 2.19. The van der Waals surface area contributed by atoms with E-state index in [1.165, 1.54) is 16.2 Å². The minimum absolute atomic E-state index is 0.447. The van der Waals surface area contributed by atoms with Gasteiger partial charge in [0.2, 0.25) is 0 Å². The van der Waals surface area contributed by atoms with Crippen molar-refractivity contribution in [3.8, 4) is 0 Å². The molecule has 0 saturated carbocycles. The second kappa shape index (κ2) is 7.22. The van der Waals surface area contributed by atoms with Crippen LogP contribution in [0.4, 0.5) is 0 Å². The van der Waals surface area contributed by atoms with Crippen LogP contribution in [0.2, 0.25) is 0 Å². The van der Waals surface area contributed by atoms with Crippen LogP contribution >= 0.6 is 22.7 Å². The fourth-order valence-corrected chi connectivity index (χ4v) is 3.74. The van der Waals surface area contributed by atoms with Crippen molar-refractivity contribution in [3.05, 3.63) is 44.8 Å². The SMILES string of the molecule is CCC(C)C(C)NC(Cc1cccs1)c1cccs1. The highest BCUT2D eigenvalue weighted by Crippen LogP contribution is 2.26. The minimum Gasteiger partial charge on any atom is -0.306 e. The zero-order valence-electron chi connectivity index (χ0n) is 11.9. The average molecular weight is 294 g/mol. The molecule has 1 nitrogen and oxygen atoms in total. The third kappa shape index (κ3) is 4.16. The van der Waals surface area contributed by atoms with Crippen LogP contribution in [-0.2, 0) is 6.42 Å². The van der Waals surface area contributed by atoms with E-state index in [1.807, 2.05) is 22.7 Å². The van der Waals surface area contributed by atoms with Crippen LogP contribution in [0, 0.1) is 5.92 Å². The van der Waals surface area contributed by atoms with Gasteiger partial charge in [-0.2, -0.15) is 0 Å². The molecule has 0 saturated heterocycles. The van der Waals surface area contributed by atoms with Gasteiger partial charge < -0.3 is 5.32 Å². The largest absolute Gasteiger partial charge is 0.306 e. The molecular formula is C16H23NS2. The smallest absolute Gasteiger partial charge is 0.0465 e. The van der Waals surface area contributed by atoms with Crippen LogP contribution in [0.3, 0.4) is 0 Å². The summed E-state index contributed by atoms with van der Waals surface area (Å²) in [5.41, 5.74) is 0. The molecule has 2 heterocycles. The first-order valence-corrected chi connectivity index (χ1v) is 8.78. The van der Waals surface area contributed by atoms with E-state index in [0.29, 0.717) is 18.0 Å². The van der Waals surface area contributed by atoms with Crippen molar-refractivity contribution in [1.29, 1.82) is 0 Å². The second-order valence-electron chi connectivity index (χ2n) is 5.19. The van der Waals surface area contributed by atoms with E-state index in [4.69, 9.17) is 0 Å². The maximum absolute atomic E-state index is 3.83. The van der Waals surface area contributed by atoms with Crippen molar-refractivity contribution in [2.45, 2.75) is 45.7 Å². The quantitative estimate of drug-likeness (QED) is 0.747. The van der Waals surface area contributed by atoms with Gasteiger partial charge in [-0.05, 0) is 35.7 Å². The summed E-state index contributed by atoms with van der Waals surface area (Å²) in [6, 6.07) is 9.78. The Morgan fingerprint density at radius 1 is 1.11 bits per heavy atom. The molecular weight excluding hydrogens is 270 g/mol. The van der Waals surface area contributed by atoms with Gasteiger partial charge in [0.05, 0.1) is 0 Å². The van der Waals surface area contributed by atoms with Gasteiger partial charge in [0.1, 0.15) is 0 Å². The Bertz CT molecular complexity index is 447. The number of thiophene rings is 2. The zero-order chi connectivity index (χ0) is 13.7. The molecule has 0 aliphatic carbocycles. The topological polar surface area (TPSA) is 12.0 Å². The van der Waals surface area contributed by atoms with Crippen molar-refractivity contribution in [3.63, 3.8) is 0 Å². The summed E-state index contributed by atoms with van der Waals surface area (Å²) in [5, 5.41) is 8.16. The van der Waals surface area contributed by atoms with Gasteiger partial charge in [0.25, 0.3) is 0 Å². The molecule has 104 valence electrons. The van der Waals surface area contributed by atoms with Gasteiger partial charge in [-0.3, -0.25) is 0 Å².